The van der Waals surface area contributed by atoms with Gasteiger partial charge in [-0.15, -0.1) is 0 Å². The van der Waals surface area contributed by atoms with Crippen molar-refractivity contribution in [1.29, 1.82) is 0 Å². The predicted molar refractivity (Wildman–Crippen MR) is 92.9 cm³/mol. The van der Waals surface area contributed by atoms with Crippen molar-refractivity contribution in [3.05, 3.63) is 53.3 Å². The van der Waals surface area contributed by atoms with E-state index in [2.05, 4.69) is 52.7 Å². The molecule has 0 unspecified atom stereocenters. The molecule has 2 aromatic rings. The third-order valence-corrected chi connectivity index (χ3v) is 3.73. The van der Waals surface area contributed by atoms with Gasteiger partial charge in [0.2, 0.25) is 0 Å². The van der Waals surface area contributed by atoms with Crippen LogP contribution in [-0.4, -0.2) is 16.0 Å². The molecule has 0 radical (unpaired) electrons. The molecule has 0 aliphatic rings. The molecule has 0 saturated heterocycles. The molecule has 1 heterocycles. The van der Waals surface area contributed by atoms with Crippen molar-refractivity contribution in [2.75, 3.05) is 0 Å². The van der Waals surface area contributed by atoms with Crippen molar-refractivity contribution in [1.82, 2.24) is 4.68 Å². The second kappa shape index (κ2) is 5.64. The van der Waals surface area contributed by atoms with Gasteiger partial charge < -0.3 is 5.11 Å². The Kier molecular flexibility index (Phi) is 4.19. The van der Waals surface area contributed by atoms with E-state index in [1.807, 2.05) is 30.6 Å². The van der Waals surface area contributed by atoms with Crippen molar-refractivity contribution in [3.63, 3.8) is 0 Å². The van der Waals surface area contributed by atoms with Gasteiger partial charge in [0.25, 0.3) is 0 Å². The zero-order valence-corrected chi connectivity index (χ0v) is 14.4. The van der Waals surface area contributed by atoms with Gasteiger partial charge in [0.1, 0.15) is 5.75 Å². The number of rotatable bonds is 2. The summed E-state index contributed by atoms with van der Waals surface area (Å²) >= 11 is 0. The van der Waals surface area contributed by atoms with E-state index in [-0.39, 0.29) is 10.8 Å². The number of benzene rings is 1. The summed E-state index contributed by atoms with van der Waals surface area (Å²) in [7, 11) is 0. The van der Waals surface area contributed by atoms with Gasteiger partial charge in [-0.3, -0.25) is 0 Å². The Bertz CT molecular complexity index is 669. The molecule has 3 heteroatoms. The zero-order valence-electron chi connectivity index (χ0n) is 14.4. The van der Waals surface area contributed by atoms with Crippen LogP contribution in [-0.2, 0) is 10.8 Å². The number of hydrogen-bond donors (Lipinski definition) is 1. The topological polar surface area (TPSA) is 37.5 Å². The average Bonchev–Trinajstić information content (AvgIpc) is 2.87. The molecule has 3 nitrogen and oxygen atoms in total. The zero-order chi connectivity index (χ0) is 16.5. The molecule has 0 fully saturated rings. The Morgan fingerprint density at radius 2 is 1.55 bits per heavy atom. The summed E-state index contributed by atoms with van der Waals surface area (Å²) in [5, 5.41) is 15.0. The lowest BCUT2D eigenvalue weighted by Crippen LogP contribution is -2.17. The van der Waals surface area contributed by atoms with E-state index >= 15 is 0 Å². The molecule has 0 amide bonds. The second-order valence-electron chi connectivity index (χ2n) is 7.77. The van der Waals surface area contributed by atoms with E-state index in [1.165, 1.54) is 5.56 Å². The van der Waals surface area contributed by atoms with E-state index in [4.69, 9.17) is 0 Å². The van der Waals surface area contributed by atoms with Crippen molar-refractivity contribution >= 4 is 6.21 Å². The maximum Gasteiger partial charge on any atom is 0.128 e. The molecule has 0 atom stereocenters. The van der Waals surface area contributed by atoms with Crippen LogP contribution < -0.4 is 0 Å². The fourth-order valence-electron chi connectivity index (χ4n) is 2.29. The molecule has 0 saturated carbocycles. The normalized spacial score (nSPS) is 13.0. The summed E-state index contributed by atoms with van der Waals surface area (Å²) in [6, 6.07) is 7.98. The number of aromatic nitrogens is 1. The molecule has 1 aromatic carbocycles. The Morgan fingerprint density at radius 1 is 0.955 bits per heavy atom. The summed E-state index contributed by atoms with van der Waals surface area (Å²) in [5.74, 6) is 0.316. The van der Waals surface area contributed by atoms with Gasteiger partial charge in [-0.05, 0) is 34.6 Å². The first kappa shape index (κ1) is 16.3. The Labute approximate surface area is 133 Å². The molecular weight excluding hydrogens is 272 g/mol. The average molecular weight is 298 g/mol. The van der Waals surface area contributed by atoms with E-state index in [0.29, 0.717) is 5.75 Å². The highest BCUT2D eigenvalue weighted by Gasteiger charge is 2.24. The highest BCUT2D eigenvalue weighted by Crippen LogP contribution is 2.37. The van der Waals surface area contributed by atoms with Gasteiger partial charge in [-0.2, -0.15) is 5.10 Å². The van der Waals surface area contributed by atoms with Gasteiger partial charge >= 0.3 is 0 Å². The molecular formula is C19H26N2O. The van der Waals surface area contributed by atoms with Crippen LogP contribution in [0.25, 0.3) is 0 Å². The lowest BCUT2D eigenvalue weighted by atomic mass is 9.79. The molecule has 1 aromatic heterocycles. The predicted octanol–water partition coefficient (Wildman–Crippen LogP) is 4.67. The van der Waals surface area contributed by atoms with E-state index < -0.39 is 0 Å². The van der Waals surface area contributed by atoms with Crippen LogP contribution in [0.3, 0.4) is 0 Å². The molecule has 0 spiro atoms. The summed E-state index contributed by atoms with van der Waals surface area (Å²) in [6.07, 6.45) is 5.46. The summed E-state index contributed by atoms with van der Waals surface area (Å²) < 4.78 is 1.72. The van der Waals surface area contributed by atoms with Gasteiger partial charge in [-0.25, -0.2) is 4.68 Å². The van der Waals surface area contributed by atoms with Gasteiger partial charge in [0.05, 0.1) is 6.21 Å². The number of nitrogens with zero attached hydrogens (tertiary/aromatic N) is 2. The number of phenolic OH excluding ortho intramolecular Hbond substituents is 1. The lowest BCUT2D eigenvalue weighted by Gasteiger charge is -2.26. The number of hydrogen-bond acceptors (Lipinski definition) is 2. The van der Waals surface area contributed by atoms with Crippen LogP contribution in [0.4, 0.5) is 0 Å². The third kappa shape index (κ3) is 3.59. The molecule has 2 rings (SSSR count). The monoisotopic (exact) mass is 298 g/mol. The van der Waals surface area contributed by atoms with Crippen LogP contribution in [0, 0.1) is 0 Å². The highest BCUT2D eigenvalue weighted by molar-refractivity contribution is 5.85. The fraction of sp³-hybridized carbons (Fsp3) is 0.421. The quantitative estimate of drug-likeness (QED) is 0.804. The summed E-state index contributed by atoms with van der Waals surface area (Å²) in [5.41, 5.74) is 2.80. The molecule has 118 valence electrons. The maximum atomic E-state index is 10.6. The highest BCUT2D eigenvalue weighted by atomic mass is 16.3. The first-order chi connectivity index (χ1) is 10.1. The smallest absolute Gasteiger partial charge is 0.128 e. The number of aromatic hydroxyl groups is 1. The largest absolute Gasteiger partial charge is 0.507 e. The Morgan fingerprint density at radius 3 is 2.05 bits per heavy atom. The summed E-state index contributed by atoms with van der Waals surface area (Å²) in [4.78, 5) is 0. The summed E-state index contributed by atoms with van der Waals surface area (Å²) in [6.45, 7) is 12.9. The molecule has 1 N–H and O–H groups in total. The van der Waals surface area contributed by atoms with Crippen molar-refractivity contribution in [2.45, 2.75) is 52.4 Å². The molecule has 0 bridgehead atoms. The molecule has 0 aliphatic carbocycles. The minimum atomic E-state index is -0.124. The van der Waals surface area contributed by atoms with Crippen molar-refractivity contribution in [3.8, 4) is 5.75 Å². The molecule has 0 aliphatic heterocycles. The van der Waals surface area contributed by atoms with Crippen molar-refractivity contribution in [2.24, 2.45) is 5.10 Å². The third-order valence-electron chi connectivity index (χ3n) is 3.73. The minimum Gasteiger partial charge on any atom is -0.507 e. The Hall–Kier alpha value is -2.03. The first-order valence-corrected chi connectivity index (χ1v) is 7.64. The van der Waals surface area contributed by atoms with Gasteiger partial charge in [-0.1, -0.05) is 47.6 Å². The standard InChI is InChI=1S/C19H26N2O/c1-18(2,3)15-11-14(13-20-21-9-7-8-10-21)17(22)16(12-15)19(4,5)6/h7-13,22H,1-6H3/b20-13+. The van der Waals surface area contributed by atoms with Crippen LogP contribution in [0.5, 0.6) is 5.75 Å². The van der Waals surface area contributed by atoms with Crippen LogP contribution in [0.2, 0.25) is 0 Å². The van der Waals surface area contributed by atoms with Gasteiger partial charge in [0.15, 0.2) is 0 Å². The van der Waals surface area contributed by atoms with Crippen LogP contribution in [0.15, 0.2) is 41.8 Å². The van der Waals surface area contributed by atoms with Crippen LogP contribution >= 0.6 is 0 Å². The number of phenols is 1. The van der Waals surface area contributed by atoms with E-state index in [0.717, 1.165) is 11.1 Å². The SMILES string of the molecule is CC(C)(C)c1cc(/C=N/n2cccc2)c(O)c(C(C)(C)C)c1. The fourth-order valence-corrected chi connectivity index (χ4v) is 2.29. The maximum absolute atomic E-state index is 10.6. The molecule has 22 heavy (non-hydrogen) atoms. The Balaban J connectivity index is 2.57. The van der Waals surface area contributed by atoms with Gasteiger partial charge in [0, 0.05) is 23.5 Å². The van der Waals surface area contributed by atoms with Crippen molar-refractivity contribution < 1.29 is 5.11 Å². The van der Waals surface area contributed by atoms with Crippen LogP contribution in [0.1, 0.15) is 58.2 Å². The minimum absolute atomic E-state index is 0.0176. The van der Waals surface area contributed by atoms with E-state index in [1.54, 1.807) is 10.9 Å². The second-order valence-corrected chi connectivity index (χ2v) is 7.77. The lowest BCUT2D eigenvalue weighted by molar-refractivity contribution is 0.444. The van der Waals surface area contributed by atoms with E-state index in [9.17, 15) is 5.11 Å². The first-order valence-electron chi connectivity index (χ1n) is 7.64.